The van der Waals surface area contributed by atoms with Crippen molar-refractivity contribution in [2.45, 2.75) is 31.8 Å². The summed E-state index contributed by atoms with van der Waals surface area (Å²) in [5.74, 6) is 0.472. The van der Waals surface area contributed by atoms with Crippen LogP contribution in [-0.2, 0) is 4.79 Å². The lowest BCUT2D eigenvalue weighted by Crippen LogP contribution is -2.44. The monoisotopic (exact) mass is 408 g/mol. The summed E-state index contributed by atoms with van der Waals surface area (Å²) < 4.78 is 5.48. The molecule has 1 saturated carbocycles. The molecule has 0 amide bonds. The molecule has 2 aromatic rings. The van der Waals surface area contributed by atoms with Gasteiger partial charge in [0.15, 0.2) is 5.84 Å². The summed E-state index contributed by atoms with van der Waals surface area (Å²) in [6.07, 6.45) is 4.36. The molecule has 1 aliphatic carbocycles. The van der Waals surface area contributed by atoms with E-state index in [0.717, 1.165) is 46.6 Å². The molecule has 9 heteroatoms. The summed E-state index contributed by atoms with van der Waals surface area (Å²) in [6, 6.07) is 7.95. The highest BCUT2D eigenvalue weighted by Gasteiger charge is 2.42. The number of ether oxygens (including phenoxy) is 1. The summed E-state index contributed by atoms with van der Waals surface area (Å²) in [4.78, 5) is 19.0. The third-order valence-electron chi connectivity index (χ3n) is 6.31. The van der Waals surface area contributed by atoms with Crippen molar-refractivity contribution in [2.75, 3.05) is 7.11 Å². The Morgan fingerprint density at radius 3 is 2.83 bits per heavy atom. The van der Waals surface area contributed by atoms with Gasteiger partial charge in [-0.25, -0.2) is 10.0 Å². The van der Waals surface area contributed by atoms with Gasteiger partial charge in [0, 0.05) is 5.39 Å². The van der Waals surface area contributed by atoms with E-state index >= 15 is 0 Å². The third kappa shape index (κ3) is 2.89. The summed E-state index contributed by atoms with van der Waals surface area (Å²) in [7, 11) is 1.65. The SMILES string of the molecule is COc1cccc2cc(C3=C4C(N)=NC=NN4C(C4CCC(C(=O)O)CC4)N3)[nH]c12. The van der Waals surface area contributed by atoms with Crippen molar-refractivity contribution in [3.05, 3.63) is 35.7 Å². The number of aromatic amines is 1. The molecular weight excluding hydrogens is 384 g/mol. The van der Waals surface area contributed by atoms with Gasteiger partial charge in [0.1, 0.15) is 24.0 Å². The number of carbonyl (C=O) groups is 1. The van der Waals surface area contributed by atoms with Crippen molar-refractivity contribution in [1.82, 2.24) is 15.3 Å². The van der Waals surface area contributed by atoms with E-state index in [0.29, 0.717) is 18.7 Å². The van der Waals surface area contributed by atoms with Gasteiger partial charge in [-0.05, 0) is 43.7 Å². The van der Waals surface area contributed by atoms with Crippen LogP contribution in [0.1, 0.15) is 31.4 Å². The number of methoxy groups -OCH3 is 1. The molecule has 0 spiro atoms. The van der Waals surface area contributed by atoms with Crippen molar-refractivity contribution in [1.29, 1.82) is 0 Å². The Bertz CT molecular complexity index is 1090. The highest BCUT2D eigenvalue weighted by molar-refractivity contribution is 6.08. The van der Waals surface area contributed by atoms with Gasteiger partial charge in [-0.3, -0.25) is 4.79 Å². The van der Waals surface area contributed by atoms with E-state index in [2.05, 4.69) is 26.5 Å². The first kappa shape index (κ1) is 18.5. The number of aliphatic imine (C=N–C) groups is 1. The number of hydrogen-bond acceptors (Lipinski definition) is 7. The van der Waals surface area contributed by atoms with Crippen LogP contribution in [0.5, 0.6) is 5.75 Å². The minimum Gasteiger partial charge on any atom is -0.495 e. The number of hydrazone groups is 1. The van der Waals surface area contributed by atoms with E-state index in [-0.39, 0.29) is 18.0 Å². The molecule has 1 aromatic heterocycles. The number of nitrogens with two attached hydrogens (primary N) is 1. The molecule has 30 heavy (non-hydrogen) atoms. The Morgan fingerprint density at radius 1 is 1.30 bits per heavy atom. The number of carboxylic acids is 1. The number of fused-ring (bicyclic) bond motifs is 2. The van der Waals surface area contributed by atoms with Crippen LogP contribution in [0.25, 0.3) is 16.6 Å². The number of H-pyrrole nitrogens is 1. The molecule has 156 valence electrons. The van der Waals surface area contributed by atoms with Gasteiger partial charge in [0.25, 0.3) is 0 Å². The summed E-state index contributed by atoms with van der Waals surface area (Å²) in [5, 5.41) is 20.3. The van der Waals surface area contributed by atoms with Crippen LogP contribution in [-0.4, -0.2) is 46.5 Å². The number of hydrogen-bond donors (Lipinski definition) is 4. The Labute approximate surface area is 173 Å². The minimum absolute atomic E-state index is 0.0941. The van der Waals surface area contributed by atoms with Gasteiger partial charge in [-0.15, -0.1) is 0 Å². The number of rotatable bonds is 4. The molecule has 3 heterocycles. The number of aromatic nitrogens is 1. The quantitative estimate of drug-likeness (QED) is 0.614. The van der Waals surface area contributed by atoms with E-state index in [4.69, 9.17) is 10.5 Å². The Morgan fingerprint density at radius 2 is 2.10 bits per heavy atom. The molecule has 5 rings (SSSR count). The lowest BCUT2D eigenvalue weighted by Gasteiger charge is -2.35. The molecule has 9 nitrogen and oxygen atoms in total. The zero-order chi connectivity index (χ0) is 20.8. The molecule has 5 N–H and O–H groups in total. The average molecular weight is 408 g/mol. The number of benzene rings is 1. The predicted molar refractivity (Wildman–Crippen MR) is 114 cm³/mol. The number of aliphatic carboxylic acids is 1. The van der Waals surface area contributed by atoms with Gasteiger partial charge in [-0.1, -0.05) is 12.1 Å². The van der Waals surface area contributed by atoms with Crippen LogP contribution in [0.4, 0.5) is 0 Å². The van der Waals surface area contributed by atoms with Crippen molar-refractivity contribution < 1.29 is 14.6 Å². The first-order valence-corrected chi connectivity index (χ1v) is 10.1. The number of amidine groups is 1. The van der Waals surface area contributed by atoms with Crippen molar-refractivity contribution in [3.8, 4) is 5.75 Å². The van der Waals surface area contributed by atoms with Crippen LogP contribution < -0.4 is 15.8 Å². The first-order valence-electron chi connectivity index (χ1n) is 10.1. The predicted octanol–water partition coefficient (Wildman–Crippen LogP) is 2.28. The molecular formula is C21H24N6O3. The Kier molecular flexibility index (Phi) is 4.38. The number of para-hydroxylation sites is 1. The summed E-state index contributed by atoms with van der Waals surface area (Å²) >= 11 is 0. The van der Waals surface area contributed by atoms with Crippen molar-refractivity contribution >= 4 is 34.7 Å². The maximum Gasteiger partial charge on any atom is 0.306 e. The molecule has 3 aliphatic rings. The smallest absolute Gasteiger partial charge is 0.306 e. The fourth-order valence-electron chi connectivity index (χ4n) is 4.75. The largest absolute Gasteiger partial charge is 0.495 e. The maximum absolute atomic E-state index is 11.3. The second-order valence-corrected chi connectivity index (χ2v) is 7.96. The highest BCUT2D eigenvalue weighted by atomic mass is 16.5. The average Bonchev–Trinajstić information content (AvgIpc) is 3.36. The number of nitrogens with zero attached hydrogens (tertiary/aromatic N) is 3. The number of carboxylic acid groups (broad SMARTS) is 1. The standard InChI is InChI=1S/C21H24N6O3/c1-30-15-4-2-3-13-9-14(25-16(13)15)17-18-19(22)23-10-24-27(18)20(26-17)11-5-7-12(8-6-11)21(28)29/h2-4,9-12,20,25-26H,5-8H2,1H3,(H,28,29)(H2,22,23,24). The van der Waals surface area contributed by atoms with Gasteiger partial charge < -0.3 is 25.9 Å². The topological polar surface area (TPSA) is 128 Å². The molecule has 1 atom stereocenters. The second kappa shape index (κ2) is 7.08. The lowest BCUT2D eigenvalue weighted by atomic mass is 9.80. The van der Waals surface area contributed by atoms with Gasteiger partial charge in [0.05, 0.1) is 29.9 Å². The molecule has 1 fully saturated rings. The zero-order valence-corrected chi connectivity index (χ0v) is 16.6. The van der Waals surface area contributed by atoms with E-state index < -0.39 is 5.97 Å². The molecule has 0 saturated heterocycles. The minimum atomic E-state index is -0.702. The lowest BCUT2D eigenvalue weighted by molar-refractivity contribution is -0.143. The van der Waals surface area contributed by atoms with Crippen molar-refractivity contribution in [3.63, 3.8) is 0 Å². The molecule has 1 aromatic carbocycles. The van der Waals surface area contributed by atoms with E-state index in [1.807, 2.05) is 23.2 Å². The van der Waals surface area contributed by atoms with Crippen LogP contribution in [0, 0.1) is 11.8 Å². The molecule has 0 bridgehead atoms. The summed E-state index contributed by atoms with van der Waals surface area (Å²) in [5.41, 5.74) is 9.64. The zero-order valence-electron chi connectivity index (χ0n) is 16.6. The molecule has 2 aliphatic heterocycles. The van der Waals surface area contributed by atoms with Gasteiger partial charge in [-0.2, -0.15) is 5.10 Å². The first-order chi connectivity index (χ1) is 14.6. The van der Waals surface area contributed by atoms with Crippen LogP contribution in [0.2, 0.25) is 0 Å². The van der Waals surface area contributed by atoms with E-state index in [1.54, 1.807) is 7.11 Å². The van der Waals surface area contributed by atoms with Crippen molar-refractivity contribution in [2.24, 2.45) is 27.7 Å². The Balaban J connectivity index is 1.49. The Hall–Kier alpha value is -3.49. The van der Waals surface area contributed by atoms with Crippen LogP contribution in [0.3, 0.4) is 0 Å². The van der Waals surface area contributed by atoms with Gasteiger partial charge in [0.2, 0.25) is 0 Å². The second-order valence-electron chi connectivity index (χ2n) is 7.96. The highest BCUT2D eigenvalue weighted by Crippen LogP contribution is 2.39. The van der Waals surface area contributed by atoms with Crippen LogP contribution >= 0.6 is 0 Å². The molecule has 0 radical (unpaired) electrons. The normalized spacial score (nSPS) is 25.8. The fourth-order valence-corrected chi connectivity index (χ4v) is 4.75. The molecule has 1 unspecified atom stereocenters. The van der Waals surface area contributed by atoms with E-state index in [1.165, 1.54) is 6.34 Å². The number of nitrogens with one attached hydrogen (secondary N) is 2. The van der Waals surface area contributed by atoms with E-state index in [9.17, 15) is 9.90 Å². The van der Waals surface area contributed by atoms with Crippen LogP contribution in [0.15, 0.2) is 40.1 Å². The third-order valence-corrected chi connectivity index (χ3v) is 6.31. The maximum atomic E-state index is 11.3. The summed E-state index contributed by atoms with van der Waals surface area (Å²) in [6.45, 7) is 0. The van der Waals surface area contributed by atoms with Gasteiger partial charge >= 0.3 is 5.97 Å². The fraction of sp³-hybridized carbons (Fsp3) is 0.381.